The molecule has 0 aromatic heterocycles. The van der Waals surface area contributed by atoms with Crippen LogP contribution in [0.2, 0.25) is 5.02 Å². The first kappa shape index (κ1) is 13.1. The Labute approximate surface area is 103 Å². The number of rotatable bonds is 6. The lowest BCUT2D eigenvalue weighted by atomic mass is 10.1. The molecule has 86 valence electrons. The second kappa shape index (κ2) is 7.33. The van der Waals surface area contributed by atoms with Crippen LogP contribution < -0.4 is 5.32 Å². The van der Waals surface area contributed by atoms with Gasteiger partial charge in [0.2, 0.25) is 0 Å². The highest BCUT2D eigenvalue weighted by molar-refractivity contribution is 6.31. The van der Waals surface area contributed by atoms with Crippen LogP contribution in [0.4, 0.5) is 0 Å². The van der Waals surface area contributed by atoms with Crippen LogP contribution in [0.25, 0.3) is 0 Å². The van der Waals surface area contributed by atoms with Crippen molar-refractivity contribution in [3.05, 3.63) is 34.3 Å². The first-order valence-electron chi connectivity index (χ1n) is 5.63. The third-order valence-corrected chi connectivity index (χ3v) is 2.90. The average Bonchev–Trinajstić information content (AvgIpc) is 2.28. The molecule has 1 rings (SSSR count). The van der Waals surface area contributed by atoms with Crippen molar-refractivity contribution >= 4 is 11.6 Å². The van der Waals surface area contributed by atoms with Crippen LogP contribution in [0.3, 0.4) is 0 Å². The fourth-order valence-corrected chi connectivity index (χ4v) is 1.66. The Kier molecular flexibility index (Phi) is 6.00. The highest BCUT2D eigenvalue weighted by atomic mass is 35.5. The lowest BCUT2D eigenvalue weighted by Gasteiger charge is -2.06. The normalized spacial score (nSPS) is 10.1. The quantitative estimate of drug-likeness (QED) is 0.588. The van der Waals surface area contributed by atoms with E-state index in [1.54, 1.807) is 0 Å². The number of hydrogen-bond donors (Lipinski definition) is 1. The molecule has 0 aliphatic heterocycles. The molecule has 0 aliphatic rings. The van der Waals surface area contributed by atoms with E-state index in [9.17, 15) is 0 Å². The van der Waals surface area contributed by atoms with Gasteiger partial charge in [-0.15, -0.1) is 12.3 Å². The summed E-state index contributed by atoms with van der Waals surface area (Å²) < 4.78 is 0. The smallest absolute Gasteiger partial charge is 0.0438 e. The molecule has 1 N–H and O–H groups in total. The molecule has 0 saturated heterocycles. The monoisotopic (exact) mass is 235 g/mol. The van der Waals surface area contributed by atoms with Crippen molar-refractivity contribution in [2.75, 3.05) is 6.54 Å². The van der Waals surface area contributed by atoms with Crippen molar-refractivity contribution in [2.45, 2.75) is 32.7 Å². The van der Waals surface area contributed by atoms with Crippen molar-refractivity contribution in [1.82, 2.24) is 5.32 Å². The average molecular weight is 236 g/mol. The van der Waals surface area contributed by atoms with Crippen LogP contribution in [0.5, 0.6) is 0 Å². The highest BCUT2D eigenvalue weighted by Gasteiger charge is 1.97. The van der Waals surface area contributed by atoms with Gasteiger partial charge < -0.3 is 5.32 Å². The summed E-state index contributed by atoms with van der Waals surface area (Å²) >= 11 is 6.05. The lowest BCUT2D eigenvalue weighted by molar-refractivity contribution is 0.630. The molecular weight excluding hydrogens is 218 g/mol. The maximum absolute atomic E-state index is 6.05. The Morgan fingerprint density at radius 1 is 1.38 bits per heavy atom. The zero-order valence-electron chi connectivity index (χ0n) is 9.72. The van der Waals surface area contributed by atoms with E-state index in [0.29, 0.717) is 0 Å². The van der Waals surface area contributed by atoms with Crippen LogP contribution in [-0.2, 0) is 6.54 Å². The number of terminal acetylenes is 1. The van der Waals surface area contributed by atoms with Gasteiger partial charge in [0.05, 0.1) is 0 Å². The maximum Gasteiger partial charge on any atom is 0.0438 e. The van der Waals surface area contributed by atoms with Crippen molar-refractivity contribution < 1.29 is 0 Å². The summed E-state index contributed by atoms with van der Waals surface area (Å²) in [5.41, 5.74) is 2.35. The topological polar surface area (TPSA) is 12.0 Å². The zero-order chi connectivity index (χ0) is 11.8. The van der Waals surface area contributed by atoms with E-state index in [2.05, 4.69) is 23.4 Å². The van der Waals surface area contributed by atoms with Crippen LogP contribution in [0.1, 0.15) is 30.4 Å². The Morgan fingerprint density at radius 2 is 2.19 bits per heavy atom. The van der Waals surface area contributed by atoms with Gasteiger partial charge in [0.1, 0.15) is 0 Å². The molecular formula is C14H18ClN. The van der Waals surface area contributed by atoms with E-state index >= 15 is 0 Å². The van der Waals surface area contributed by atoms with Crippen molar-refractivity contribution in [2.24, 2.45) is 0 Å². The van der Waals surface area contributed by atoms with E-state index in [-0.39, 0.29) is 0 Å². The highest BCUT2D eigenvalue weighted by Crippen LogP contribution is 2.16. The second-order valence-electron chi connectivity index (χ2n) is 3.92. The van der Waals surface area contributed by atoms with E-state index in [0.717, 1.165) is 42.9 Å². The molecule has 0 fully saturated rings. The van der Waals surface area contributed by atoms with Gasteiger partial charge in [-0.25, -0.2) is 0 Å². The fraction of sp³-hybridized carbons (Fsp3) is 0.429. The van der Waals surface area contributed by atoms with Crippen molar-refractivity contribution in [3.63, 3.8) is 0 Å². The summed E-state index contributed by atoms with van der Waals surface area (Å²) in [6.45, 7) is 3.89. The predicted octanol–water partition coefficient (Wildman–Crippen LogP) is 3.54. The van der Waals surface area contributed by atoms with Crippen LogP contribution >= 0.6 is 11.6 Å². The van der Waals surface area contributed by atoms with Crippen LogP contribution in [0, 0.1) is 19.3 Å². The largest absolute Gasteiger partial charge is 0.313 e. The zero-order valence-corrected chi connectivity index (χ0v) is 10.5. The number of nitrogens with one attached hydrogen (secondary N) is 1. The molecule has 0 spiro atoms. The molecule has 0 bridgehead atoms. The molecule has 1 aromatic carbocycles. The summed E-state index contributed by atoms with van der Waals surface area (Å²) in [6.07, 6.45) is 8.28. The van der Waals surface area contributed by atoms with Gasteiger partial charge in [0.25, 0.3) is 0 Å². The number of hydrogen-bond acceptors (Lipinski definition) is 1. The van der Waals surface area contributed by atoms with Gasteiger partial charge in [-0.05, 0) is 43.5 Å². The Hall–Kier alpha value is -0.970. The molecule has 1 nitrogen and oxygen atoms in total. The molecule has 0 atom stereocenters. The summed E-state index contributed by atoms with van der Waals surface area (Å²) in [4.78, 5) is 0. The van der Waals surface area contributed by atoms with E-state index in [1.165, 1.54) is 5.56 Å². The minimum atomic E-state index is 0.839. The minimum absolute atomic E-state index is 0.839. The standard InChI is InChI=1S/C14H18ClN/c1-3-4-5-6-9-16-11-13-8-7-12(2)14(15)10-13/h1,7-8,10,16H,4-6,9,11H2,2H3. The summed E-state index contributed by atoms with van der Waals surface area (Å²) in [6, 6.07) is 6.18. The Balaban J connectivity index is 2.22. The first-order chi connectivity index (χ1) is 7.74. The lowest BCUT2D eigenvalue weighted by Crippen LogP contribution is -2.14. The predicted molar refractivity (Wildman–Crippen MR) is 70.6 cm³/mol. The molecule has 2 heteroatoms. The second-order valence-corrected chi connectivity index (χ2v) is 4.33. The van der Waals surface area contributed by atoms with Crippen molar-refractivity contribution in [1.29, 1.82) is 0 Å². The van der Waals surface area contributed by atoms with Crippen molar-refractivity contribution in [3.8, 4) is 12.3 Å². The first-order valence-corrected chi connectivity index (χ1v) is 6.01. The molecule has 0 amide bonds. The molecule has 16 heavy (non-hydrogen) atoms. The Bertz CT molecular complexity index is 365. The third kappa shape index (κ3) is 4.70. The van der Waals surface area contributed by atoms with Gasteiger partial charge >= 0.3 is 0 Å². The van der Waals surface area contributed by atoms with Gasteiger partial charge in [0, 0.05) is 18.0 Å². The third-order valence-electron chi connectivity index (χ3n) is 2.49. The van der Waals surface area contributed by atoms with Crippen LogP contribution in [0.15, 0.2) is 18.2 Å². The summed E-state index contributed by atoms with van der Waals surface area (Å²) in [7, 11) is 0. The Morgan fingerprint density at radius 3 is 2.88 bits per heavy atom. The van der Waals surface area contributed by atoms with Crippen LogP contribution in [-0.4, -0.2) is 6.54 Å². The molecule has 0 aliphatic carbocycles. The summed E-state index contributed by atoms with van der Waals surface area (Å²) in [5, 5.41) is 4.22. The molecule has 0 saturated carbocycles. The van der Waals surface area contributed by atoms with E-state index in [1.807, 2.05) is 13.0 Å². The fourth-order valence-electron chi connectivity index (χ4n) is 1.46. The maximum atomic E-state index is 6.05. The molecule has 1 aromatic rings. The van der Waals surface area contributed by atoms with E-state index in [4.69, 9.17) is 18.0 Å². The SMILES string of the molecule is C#CCCCCNCc1ccc(C)c(Cl)c1. The minimum Gasteiger partial charge on any atom is -0.313 e. The van der Waals surface area contributed by atoms with Gasteiger partial charge in [-0.3, -0.25) is 0 Å². The summed E-state index contributed by atoms with van der Waals surface area (Å²) in [5.74, 6) is 2.64. The number of aryl methyl sites for hydroxylation is 1. The number of unbranched alkanes of at least 4 members (excludes halogenated alkanes) is 2. The van der Waals surface area contributed by atoms with Gasteiger partial charge in [-0.2, -0.15) is 0 Å². The molecule has 0 radical (unpaired) electrons. The molecule has 0 unspecified atom stereocenters. The van der Waals surface area contributed by atoms with Gasteiger partial charge in [-0.1, -0.05) is 23.7 Å². The van der Waals surface area contributed by atoms with Gasteiger partial charge in [0.15, 0.2) is 0 Å². The number of halogens is 1. The molecule has 0 heterocycles. The van der Waals surface area contributed by atoms with E-state index < -0.39 is 0 Å². The number of benzene rings is 1.